The molecule has 0 aliphatic carbocycles. The van der Waals surface area contributed by atoms with Crippen molar-refractivity contribution in [1.82, 2.24) is 14.9 Å². The van der Waals surface area contributed by atoms with E-state index in [0.29, 0.717) is 18.1 Å². The summed E-state index contributed by atoms with van der Waals surface area (Å²) >= 11 is 5.81. The molecule has 3 rings (SSSR count). The van der Waals surface area contributed by atoms with Crippen molar-refractivity contribution in [3.05, 3.63) is 64.4 Å². The number of halogens is 2. The fraction of sp³-hybridized carbons (Fsp3) is 0.333. The average molecular weight is 484 g/mol. The highest BCUT2D eigenvalue weighted by molar-refractivity contribution is 7.89. The zero-order valence-electron chi connectivity index (χ0n) is 17.3. The van der Waals surface area contributed by atoms with Gasteiger partial charge in [-0.1, -0.05) is 23.7 Å². The standard InChI is InChI=1S/C21H23ClFN3O5S/c1-14-11-17(7-8-18(14)23)32(29,30)26-9-2-10-31-19(26)13-25-21(28)20(27)24-12-15-3-5-16(22)6-4-15/h3-8,11,19H,2,9-10,12-13H2,1H3,(H,24,27)(H,25,28)/t19-/m1/s1. The van der Waals surface area contributed by atoms with Gasteiger partial charge in [0.25, 0.3) is 0 Å². The predicted molar refractivity (Wildman–Crippen MR) is 116 cm³/mol. The number of ether oxygens (including phenoxy) is 1. The molecule has 2 aromatic carbocycles. The van der Waals surface area contributed by atoms with Crippen LogP contribution in [0.2, 0.25) is 5.02 Å². The predicted octanol–water partition coefficient (Wildman–Crippen LogP) is 1.96. The first-order valence-corrected chi connectivity index (χ1v) is 11.7. The summed E-state index contributed by atoms with van der Waals surface area (Å²) in [5.41, 5.74) is 0.962. The van der Waals surface area contributed by atoms with E-state index in [4.69, 9.17) is 16.3 Å². The van der Waals surface area contributed by atoms with Crippen molar-refractivity contribution in [3.63, 3.8) is 0 Å². The van der Waals surface area contributed by atoms with Crippen LogP contribution in [-0.2, 0) is 30.9 Å². The number of nitrogens with one attached hydrogen (secondary N) is 2. The van der Waals surface area contributed by atoms with Crippen molar-refractivity contribution in [2.75, 3.05) is 19.7 Å². The molecule has 0 bridgehead atoms. The Hall–Kier alpha value is -2.53. The molecule has 1 saturated heterocycles. The molecule has 0 spiro atoms. The maximum atomic E-state index is 13.6. The van der Waals surface area contributed by atoms with Crippen LogP contribution in [-0.4, -0.2) is 50.5 Å². The molecule has 1 fully saturated rings. The Labute approximate surface area is 190 Å². The van der Waals surface area contributed by atoms with Crippen molar-refractivity contribution in [1.29, 1.82) is 0 Å². The number of rotatable bonds is 6. The fourth-order valence-corrected chi connectivity index (χ4v) is 4.92. The monoisotopic (exact) mass is 483 g/mol. The molecule has 1 heterocycles. The van der Waals surface area contributed by atoms with Crippen LogP contribution in [0.15, 0.2) is 47.4 Å². The molecule has 1 aliphatic rings. The summed E-state index contributed by atoms with van der Waals surface area (Å²) in [5.74, 6) is -2.28. The lowest BCUT2D eigenvalue weighted by Gasteiger charge is -2.34. The number of aryl methyl sites for hydroxylation is 1. The molecule has 32 heavy (non-hydrogen) atoms. The highest BCUT2D eigenvalue weighted by Gasteiger charge is 2.35. The van der Waals surface area contributed by atoms with Crippen LogP contribution in [0.4, 0.5) is 4.39 Å². The molecular weight excluding hydrogens is 461 g/mol. The molecule has 8 nitrogen and oxygen atoms in total. The fourth-order valence-electron chi connectivity index (χ4n) is 3.14. The zero-order valence-corrected chi connectivity index (χ0v) is 18.9. The first kappa shape index (κ1) is 24.1. The van der Waals surface area contributed by atoms with Gasteiger partial charge >= 0.3 is 11.8 Å². The smallest absolute Gasteiger partial charge is 0.309 e. The second-order valence-electron chi connectivity index (χ2n) is 7.22. The summed E-state index contributed by atoms with van der Waals surface area (Å²) in [6, 6.07) is 10.3. The molecule has 172 valence electrons. The van der Waals surface area contributed by atoms with Gasteiger partial charge in [-0.05, 0) is 54.8 Å². The van der Waals surface area contributed by atoms with Crippen LogP contribution in [0.1, 0.15) is 17.5 Å². The van der Waals surface area contributed by atoms with E-state index in [2.05, 4.69) is 10.6 Å². The minimum atomic E-state index is -3.99. The number of benzene rings is 2. The van der Waals surface area contributed by atoms with Crippen LogP contribution in [0.25, 0.3) is 0 Å². The van der Waals surface area contributed by atoms with Crippen molar-refractivity contribution in [3.8, 4) is 0 Å². The number of amides is 2. The minimum Gasteiger partial charge on any atom is -0.360 e. The van der Waals surface area contributed by atoms with E-state index < -0.39 is 33.9 Å². The van der Waals surface area contributed by atoms with Gasteiger partial charge < -0.3 is 15.4 Å². The van der Waals surface area contributed by atoms with Gasteiger partial charge in [0.05, 0.1) is 18.0 Å². The van der Waals surface area contributed by atoms with Gasteiger partial charge in [-0.15, -0.1) is 0 Å². The van der Waals surface area contributed by atoms with E-state index in [-0.39, 0.29) is 30.1 Å². The summed E-state index contributed by atoms with van der Waals surface area (Å²) in [6.45, 7) is 1.86. The van der Waals surface area contributed by atoms with E-state index in [1.165, 1.54) is 19.1 Å². The Morgan fingerprint density at radius 1 is 1.16 bits per heavy atom. The number of carbonyl (C=O) groups is 2. The summed E-state index contributed by atoms with van der Waals surface area (Å²) < 4.78 is 46.3. The maximum absolute atomic E-state index is 13.6. The highest BCUT2D eigenvalue weighted by Crippen LogP contribution is 2.23. The van der Waals surface area contributed by atoms with Gasteiger partial charge in [-0.25, -0.2) is 12.8 Å². The van der Waals surface area contributed by atoms with Crippen LogP contribution in [0.5, 0.6) is 0 Å². The third-order valence-corrected chi connectivity index (χ3v) is 7.04. The van der Waals surface area contributed by atoms with Crippen LogP contribution in [0.3, 0.4) is 0 Å². The lowest BCUT2D eigenvalue weighted by molar-refractivity contribution is -0.140. The van der Waals surface area contributed by atoms with Crippen molar-refractivity contribution < 1.29 is 27.1 Å². The van der Waals surface area contributed by atoms with Crippen LogP contribution < -0.4 is 10.6 Å². The zero-order chi connectivity index (χ0) is 23.3. The topological polar surface area (TPSA) is 105 Å². The molecule has 2 N–H and O–H groups in total. The molecule has 1 atom stereocenters. The highest BCUT2D eigenvalue weighted by atomic mass is 35.5. The molecule has 0 aromatic heterocycles. The maximum Gasteiger partial charge on any atom is 0.309 e. The van der Waals surface area contributed by atoms with Crippen molar-refractivity contribution >= 4 is 33.4 Å². The van der Waals surface area contributed by atoms with E-state index in [0.717, 1.165) is 15.9 Å². The normalized spacial score (nSPS) is 17.0. The first-order chi connectivity index (χ1) is 15.2. The Balaban J connectivity index is 1.60. The summed E-state index contributed by atoms with van der Waals surface area (Å²) in [5, 5.41) is 5.45. The largest absolute Gasteiger partial charge is 0.360 e. The molecular formula is C21H23ClFN3O5S. The SMILES string of the molecule is Cc1cc(S(=O)(=O)N2CCCO[C@@H]2CNC(=O)C(=O)NCc2ccc(Cl)cc2)ccc1F. The third kappa shape index (κ3) is 5.83. The lowest BCUT2D eigenvalue weighted by atomic mass is 10.2. The van der Waals surface area contributed by atoms with Crippen molar-refractivity contribution in [2.45, 2.75) is 31.0 Å². The van der Waals surface area contributed by atoms with E-state index in [1.807, 2.05) is 0 Å². The van der Waals surface area contributed by atoms with Gasteiger partial charge in [-0.2, -0.15) is 4.31 Å². The van der Waals surface area contributed by atoms with Gasteiger partial charge in [0.15, 0.2) is 0 Å². The van der Waals surface area contributed by atoms with Gasteiger partial charge in [0.1, 0.15) is 12.0 Å². The summed E-state index contributed by atoms with van der Waals surface area (Å²) in [6.07, 6.45) is -0.530. The summed E-state index contributed by atoms with van der Waals surface area (Å²) in [4.78, 5) is 24.2. The number of hydrogen-bond acceptors (Lipinski definition) is 5. The Bertz CT molecular complexity index is 1100. The van der Waals surface area contributed by atoms with Gasteiger partial charge in [-0.3, -0.25) is 9.59 Å². The molecule has 11 heteroatoms. The molecule has 0 saturated carbocycles. The Morgan fingerprint density at radius 2 is 1.84 bits per heavy atom. The van der Waals surface area contributed by atoms with Crippen LogP contribution >= 0.6 is 11.6 Å². The molecule has 2 amide bonds. The van der Waals surface area contributed by atoms with E-state index in [1.54, 1.807) is 24.3 Å². The molecule has 0 radical (unpaired) electrons. The Morgan fingerprint density at radius 3 is 2.53 bits per heavy atom. The molecule has 1 aliphatic heterocycles. The number of carbonyl (C=O) groups excluding carboxylic acids is 2. The second kappa shape index (κ2) is 10.4. The quantitative estimate of drug-likeness (QED) is 0.611. The van der Waals surface area contributed by atoms with Crippen molar-refractivity contribution in [2.24, 2.45) is 0 Å². The van der Waals surface area contributed by atoms with Gasteiger partial charge in [0, 0.05) is 18.1 Å². The first-order valence-electron chi connectivity index (χ1n) is 9.88. The van der Waals surface area contributed by atoms with Crippen LogP contribution in [0, 0.1) is 12.7 Å². The minimum absolute atomic E-state index is 0.0704. The molecule has 0 unspecified atom stereocenters. The summed E-state index contributed by atoms with van der Waals surface area (Å²) in [7, 11) is -3.99. The van der Waals surface area contributed by atoms with Gasteiger partial charge in [0.2, 0.25) is 10.0 Å². The second-order valence-corrected chi connectivity index (χ2v) is 9.55. The average Bonchev–Trinajstić information content (AvgIpc) is 2.78. The number of sulfonamides is 1. The lowest BCUT2D eigenvalue weighted by Crippen LogP contribution is -2.53. The number of hydrogen-bond donors (Lipinski definition) is 2. The number of nitrogens with zero attached hydrogens (tertiary/aromatic N) is 1. The Kier molecular flexibility index (Phi) is 7.83. The van der Waals surface area contributed by atoms with E-state index in [9.17, 15) is 22.4 Å². The van der Waals surface area contributed by atoms with E-state index >= 15 is 0 Å². The molecule has 2 aromatic rings. The third-order valence-electron chi connectivity index (χ3n) is 4.90.